The van der Waals surface area contributed by atoms with Gasteiger partial charge in [0.2, 0.25) is 0 Å². The van der Waals surface area contributed by atoms with E-state index >= 15 is 0 Å². The van der Waals surface area contributed by atoms with Gasteiger partial charge >= 0.3 is 6.03 Å². The van der Waals surface area contributed by atoms with Gasteiger partial charge in [0, 0.05) is 29.9 Å². The number of benzene rings is 3. The van der Waals surface area contributed by atoms with Crippen LogP contribution in [0.25, 0.3) is 0 Å². The van der Waals surface area contributed by atoms with Crippen molar-refractivity contribution in [1.82, 2.24) is 0 Å². The van der Waals surface area contributed by atoms with Crippen LogP contribution in [0.1, 0.15) is 22.3 Å². The zero-order chi connectivity index (χ0) is 24.1. The Balaban J connectivity index is 1.44. The van der Waals surface area contributed by atoms with Crippen LogP contribution in [-0.2, 0) is 12.8 Å². The van der Waals surface area contributed by atoms with Gasteiger partial charge in [0.25, 0.3) is 0 Å². The van der Waals surface area contributed by atoms with Gasteiger partial charge in [-0.15, -0.1) is 0 Å². The van der Waals surface area contributed by atoms with Crippen LogP contribution in [0.15, 0.2) is 59.6 Å². The van der Waals surface area contributed by atoms with Crippen molar-refractivity contribution >= 4 is 23.1 Å². The van der Waals surface area contributed by atoms with Crippen LogP contribution in [-0.4, -0.2) is 39.6 Å². The molecule has 0 fully saturated rings. The molecule has 0 atom stereocenters. The highest BCUT2D eigenvalue weighted by atomic mass is 16.5. The van der Waals surface area contributed by atoms with E-state index < -0.39 is 0 Å². The minimum Gasteiger partial charge on any atom is -0.495 e. The number of rotatable bonds is 7. The van der Waals surface area contributed by atoms with Crippen molar-refractivity contribution in [2.24, 2.45) is 4.99 Å². The number of carbonyl (C=O) groups is 1. The lowest BCUT2D eigenvalue weighted by Gasteiger charge is -2.20. The van der Waals surface area contributed by atoms with E-state index in [-0.39, 0.29) is 6.03 Å². The van der Waals surface area contributed by atoms with Crippen LogP contribution >= 0.6 is 0 Å². The number of aliphatic imine (C=N–C) groups is 1. The summed E-state index contributed by atoms with van der Waals surface area (Å²) in [6.45, 7) is 2.71. The van der Waals surface area contributed by atoms with E-state index in [9.17, 15) is 4.79 Å². The van der Waals surface area contributed by atoms with Gasteiger partial charge in [-0.2, -0.15) is 0 Å². The van der Waals surface area contributed by atoms with Gasteiger partial charge in [0.1, 0.15) is 5.75 Å². The highest BCUT2D eigenvalue weighted by Crippen LogP contribution is 2.33. The molecule has 1 aliphatic rings. The predicted octanol–water partition coefficient (Wildman–Crippen LogP) is 5.25. The largest absolute Gasteiger partial charge is 0.495 e. The molecule has 176 valence electrons. The zero-order valence-corrected chi connectivity index (χ0v) is 19.9. The number of amides is 2. The second-order valence-corrected chi connectivity index (χ2v) is 8.10. The third-order valence-corrected chi connectivity index (χ3v) is 5.79. The number of hydrogen-bond donors (Lipinski definition) is 2. The Kier molecular flexibility index (Phi) is 7.01. The van der Waals surface area contributed by atoms with Crippen molar-refractivity contribution in [2.75, 3.05) is 38.5 Å². The van der Waals surface area contributed by atoms with E-state index in [0.717, 1.165) is 41.1 Å². The van der Waals surface area contributed by atoms with Crippen LogP contribution in [0.2, 0.25) is 0 Å². The second kappa shape index (κ2) is 10.3. The maximum Gasteiger partial charge on any atom is 0.323 e. The van der Waals surface area contributed by atoms with Gasteiger partial charge < -0.3 is 24.8 Å². The molecular formula is C27H29N3O4. The molecule has 7 nitrogen and oxygen atoms in total. The molecule has 0 unspecified atom stereocenters. The van der Waals surface area contributed by atoms with Gasteiger partial charge in [0.05, 0.1) is 27.0 Å². The average molecular weight is 460 g/mol. The molecule has 2 N–H and O–H groups in total. The summed E-state index contributed by atoms with van der Waals surface area (Å²) in [6.07, 6.45) is 1.57. The predicted molar refractivity (Wildman–Crippen MR) is 135 cm³/mol. The Bertz CT molecular complexity index is 1220. The quantitative estimate of drug-likeness (QED) is 0.505. The molecule has 0 saturated carbocycles. The topological polar surface area (TPSA) is 81.2 Å². The Hall–Kier alpha value is -4.00. The Labute approximate surface area is 199 Å². The van der Waals surface area contributed by atoms with Crippen molar-refractivity contribution in [3.05, 3.63) is 76.9 Å². The van der Waals surface area contributed by atoms with Gasteiger partial charge in [-0.05, 0) is 66.4 Å². The molecule has 4 rings (SSSR count). The Morgan fingerprint density at radius 2 is 1.59 bits per heavy atom. The van der Waals surface area contributed by atoms with Crippen LogP contribution in [0.4, 0.5) is 16.2 Å². The van der Waals surface area contributed by atoms with E-state index in [1.165, 1.54) is 5.56 Å². The van der Waals surface area contributed by atoms with Crippen LogP contribution < -0.4 is 24.8 Å². The minimum absolute atomic E-state index is 0.330. The fourth-order valence-electron chi connectivity index (χ4n) is 4.05. The minimum atomic E-state index is -0.330. The number of fused-ring (bicyclic) bond motifs is 1. The first-order valence-electron chi connectivity index (χ1n) is 11.1. The second-order valence-electron chi connectivity index (χ2n) is 8.10. The highest BCUT2D eigenvalue weighted by Gasteiger charge is 2.19. The summed E-state index contributed by atoms with van der Waals surface area (Å²) in [5, 5.41) is 5.72. The van der Waals surface area contributed by atoms with Crippen molar-refractivity contribution < 1.29 is 19.0 Å². The fraction of sp³-hybridized carbons (Fsp3) is 0.259. The maximum atomic E-state index is 12.5. The molecule has 0 spiro atoms. The molecule has 7 heteroatoms. The molecule has 1 aliphatic heterocycles. The number of nitrogens with zero attached hydrogens (tertiary/aromatic N) is 1. The molecule has 0 radical (unpaired) electrons. The smallest absolute Gasteiger partial charge is 0.323 e. The molecule has 0 bridgehead atoms. The Morgan fingerprint density at radius 1 is 0.882 bits per heavy atom. The summed E-state index contributed by atoms with van der Waals surface area (Å²) < 4.78 is 16.3. The van der Waals surface area contributed by atoms with Crippen LogP contribution in [0, 0.1) is 6.92 Å². The zero-order valence-electron chi connectivity index (χ0n) is 19.9. The van der Waals surface area contributed by atoms with Crippen LogP contribution in [0.3, 0.4) is 0 Å². The van der Waals surface area contributed by atoms with Crippen molar-refractivity contribution in [1.29, 1.82) is 0 Å². The SMILES string of the molecule is COc1ccc(C)cc1NC(=O)Nc1ccc(CC2=NCCc3cc(OC)c(OC)cc32)cc1. The summed E-state index contributed by atoms with van der Waals surface area (Å²) in [6, 6.07) is 17.1. The molecule has 0 saturated heterocycles. The summed E-state index contributed by atoms with van der Waals surface area (Å²) in [7, 11) is 4.87. The first kappa shape index (κ1) is 23.2. The summed E-state index contributed by atoms with van der Waals surface area (Å²) in [5.74, 6) is 2.05. The van der Waals surface area contributed by atoms with Crippen molar-refractivity contribution in [3.8, 4) is 17.2 Å². The van der Waals surface area contributed by atoms with Gasteiger partial charge in [-0.3, -0.25) is 4.99 Å². The maximum absolute atomic E-state index is 12.5. The van der Waals surface area contributed by atoms with E-state index in [1.807, 2.05) is 61.5 Å². The number of methoxy groups -OCH3 is 3. The Morgan fingerprint density at radius 3 is 2.29 bits per heavy atom. The molecular weight excluding hydrogens is 430 g/mol. The molecule has 34 heavy (non-hydrogen) atoms. The number of urea groups is 1. The highest BCUT2D eigenvalue weighted by molar-refractivity contribution is 6.04. The fourth-order valence-corrected chi connectivity index (χ4v) is 4.05. The van der Waals surface area contributed by atoms with Crippen molar-refractivity contribution in [2.45, 2.75) is 19.8 Å². The van der Waals surface area contributed by atoms with E-state index in [0.29, 0.717) is 29.3 Å². The standard InChI is InChI=1S/C27H29N3O4/c1-17-5-10-24(32-2)23(13-17)30-27(31)29-20-8-6-18(7-9-20)14-22-21-16-26(34-4)25(33-3)15-19(21)11-12-28-22/h5-10,13,15-16H,11-12,14H2,1-4H3,(H2,29,30,31). The summed E-state index contributed by atoms with van der Waals surface area (Å²) >= 11 is 0. The number of aryl methyl sites for hydroxylation is 1. The number of hydrogen-bond acceptors (Lipinski definition) is 5. The number of nitrogens with one attached hydrogen (secondary N) is 2. The number of carbonyl (C=O) groups excluding carboxylic acids is 1. The number of anilines is 2. The molecule has 3 aromatic rings. The van der Waals surface area contributed by atoms with Crippen LogP contribution in [0.5, 0.6) is 17.2 Å². The van der Waals surface area contributed by atoms with Gasteiger partial charge in [-0.25, -0.2) is 4.79 Å². The third-order valence-electron chi connectivity index (χ3n) is 5.79. The van der Waals surface area contributed by atoms with E-state index in [1.54, 1.807) is 21.3 Å². The molecule has 2 amide bonds. The molecule has 1 heterocycles. The lowest BCUT2D eigenvalue weighted by atomic mass is 9.93. The average Bonchev–Trinajstić information content (AvgIpc) is 2.84. The monoisotopic (exact) mass is 459 g/mol. The lowest BCUT2D eigenvalue weighted by molar-refractivity contribution is 0.262. The molecule has 0 aliphatic carbocycles. The first-order valence-corrected chi connectivity index (χ1v) is 11.1. The number of ether oxygens (including phenoxy) is 3. The van der Waals surface area contributed by atoms with Gasteiger partial charge in [-0.1, -0.05) is 18.2 Å². The summed E-state index contributed by atoms with van der Waals surface area (Å²) in [5.41, 5.74) is 6.79. The van der Waals surface area contributed by atoms with Crippen molar-refractivity contribution in [3.63, 3.8) is 0 Å². The summed E-state index contributed by atoms with van der Waals surface area (Å²) in [4.78, 5) is 17.3. The first-order chi connectivity index (χ1) is 16.5. The van der Waals surface area contributed by atoms with E-state index in [4.69, 9.17) is 19.2 Å². The molecule has 3 aromatic carbocycles. The van der Waals surface area contributed by atoms with Gasteiger partial charge in [0.15, 0.2) is 11.5 Å². The van der Waals surface area contributed by atoms with E-state index in [2.05, 4.69) is 10.6 Å². The normalized spacial score (nSPS) is 12.3. The molecule has 0 aromatic heterocycles. The lowest BCUT2D eigenvalue weighted by Crippen LogP contribution is -2.20. The third kappa shape index (κ3) is 5.14.